The van der Waals surface area contributed by atoms with Crippen LogP contribution >= 0.6 is 12.2 Å². The van der Waals surface area contributed by atoms with E-state index in [1.165, 1.54) is 0 Å². The zero-order valence-corrected chi connectivity index (χ0v) is 13.7. The maximum absolute atomic E-state index is 12.2. The van der Waals surface area contributed by atoms with Crippen molar-refractivity contribution in [3.05, 3.63) is 64.7 Å². The number of hydrogen-bond donors (Lipinski definition) is 3. The average Bonchev–Trinajstić information content (AvgIpc) is 2.50. The van der Waals surface area contributed by atoms with Gasteiger partial charge in [0.1, 0.15) is 0 Å². The van der Waals surface area contributed by atoms with Crippen molar-refractivity contribution < 1.29 is 9.59 Å². The summed E-state index contributed by atoms with van der Waals surface area (Å²) >= 11 is 5.12. The van der Waals surface area contributed by atoms with E-state index in [4.69, 9.17) is 18.0 Å². The van der Waals surface area contributed by atoms with Crippen molar-refractivity contribution in [2.75, 3.05) is 5.32 Å². The molecule has 0 aliphatic rings. The molecule has 0 radical (unpaired) electrons. The Morgan fingerprint density at radius 3 is 2.39 bits per heavy atom. The molecule has 2 amide bonds. The highest BCUT2D eigenvalue weighted by atomic mass is 32.1. The van der Waals surface area contributed by atoms with Gasteiger partial charge in [-0.05, 0) is 61.5 Å². The molecule has 0 aliphatic carbocycles. The molecule has 2 aromatic rings. The summed E-state index contributed by atoms with van der Waals surface area (Å²) in [7, 11) is 0. The van der Waals surface area contributed by atoms with Crippen molar-refractivity contribution in [3.8, 4) is 0 Å². The van der Waals surface area contributed by atoms with Gasteiger partial charge in [0.25, 0.3) is 11.8 Å². The van der Waals surface area contributed by atoms with Crippen LogP contribution in [-0.2, 0) is 0 Å². The first kappa shape index (κ1) is 16.6. The van der Waals surface area contributed by atoms with E-state index in [1.807, 2.05) is 19.9 Å². The molecule has 118 valence electrons. The highest BCUT2D eigenvalue weighted by Gasteiger charge is 2.12. The Morgan fingerprint density at radius 1 is 1.04 bits per heavy atom. The molecule has 0 fully saturated rings. The lowest BCUT2D eigenvalue weighted by molar-refractivity contribution is 0.0975. The molecule has 2 rings (SSSR count). The molecular formula is C17H17N3O2S. The fraction of sp³-hybridized carbons (Fsp3) is 0.118. The number of aryl methyl sites for hydroxylation is 2. The number of para-hydroxylation sites is 1. The summed E-state index contributed by atoms with van der Waals surface area (Å²) in [5.41, 5.74) is 8.70. The number of rotatable bonds is 3. The number of primary amides is 1. The zero-order chi connectivity index (χ0) is 17.0. The Morgan fingerprint density at radius 2 is 1.74 bits per heavy atom. The van der Waals surface area contributed by atoms with Crippen LogP contribution in [0.4, 0.5) is 5.69 Å². The molecule has 0 aromatic heterocycles. The molecular weight excluding hydrogens is 310 g/mol. The van der Waals surface area contributed by atoms with E-state index in [9.17, 15) is 9.59 Å². The van der Waals surface area contributed by atoms with E-state index in [0.717, 1.165) is 11.1 Å². The van der Waals surface area contributed by atoms with E-state index in [2.05, 4.69) is 10.6 Å². The summed E-state index contributed by atoms with van der Waals surface area (Å²) in [4.78, 5) is 23.6. The van der Waals surface area contributed by atoms with Gasteiger partial charge >= 0.3 is 0 Å². The number of carbonyl (C=O) groups is 2. The van der Waals surface area contributed by atoms with Crippen LogP contribution in [0.15, 0.2) is 42.5 Å². The third-order valence-electron chi connectivity index (χ3n) is 3.44. The van der Waals surface area contributed by atoms with Crippen LogP contribution in [0.2, 0.25) is 0 Å². The van der Waals surface area contributed by atoms with E-state index in [0.29, 0.717) is 16.8 Å². The van der Waals surface area contributed by atoms with Crippen molar-refractivity contribution in [2.45, 2.75) is 13.8 Å². The van der Waals surface area contributed by atoms with Crippen molar-refractivity contribution in [1.82, 2.24) is 5.32 Å². The molecule has 4 N–H and O–H groups in total. The van der Waals surface area contributed by atoms with Gasteiger partial charge in [0.05, 0.1) is 11.3 Å². The lowest BCUT2D eigenvalue weighted by Crippen LogP contribution is -2.34. The first-order chi connectivity index (χ1) is 10.9. The van der Waals surface area contributed by atoms with Gasteiger partial charge in [-0.3, -0.25) is 14.9 Å². The summed E-state index contributed by atoms with van der Waals surface area (Å²) < 4.78 is 0. The van der Waals surface area contributed by atoms with Gasteiger partial charge in [-0.2, -0.15) is 0 Å². The molecule has 23 heavy (non-hydrogen) atoms. The molecule has 0 bridgehead atoms. The number of carbonyl (C=O) groups excluding carboxylic acids is 2. The predicted octanol–water partition coefficient (Wildman–Crippen LogP) is 2.53. The van der Waals surface area contributed by atoms with Crippen LogP contribution in [0.5, 0.6) is 0 Å². The quantitative estimate of drug-likeness (QED) is 0.756. The zero-order valence-electron chi connectivity index (χ0n) is 12.8. The smallest absolute Gasteiger partial charge is 0.257 e. The standard InChI is InChI=1S/C17H17N3O2S/c1-10-7-8-12(9-11(10)2)16(22)20-17(23)19-14-6-4-3-5-13(14)15(18)21/h3-9H,1-2H3,(H2,18,21)(H2,19,20,22,23). The lowest BCUT2D eigenvalue weighted by Gasteiger charge is -2.12. The summed E-state index contributed by atoms with van der Waals surface area (Å²) in [6.07, 6.45) is 0. The molecule has 0 heterocycles. The molecule has 0 saturated heterocycles. The Balaban J connectivity index is 2.09. The van der Waals surface area contributed by atoms with Gasteiger partial charge in [0, 0.05) is 5.56 Å². The fourth-order valence-electron chi connectivity index (χ4n) is 2.02. The number of hydrogen-bond acceptors (Lipinski definition) is 3. The minimum atomic E-state index is -0.573. The molecule has 2 aromatic carbocycles. The fourth-order valence-corrected chi connectivity index (χ4v) is 2.22. The molecule has 5 nitrogen and oxygen atoms in total. The molecule has 0 aliphatic heterocycles. The van der Waals surface area contributed by atoms with E-state index in [1.54, 1.807) is 36.4 Å². The van der Waals surface area contributed by atoms with Gasteiger partial charge in [0.2, 0.25) is 0 Å². The molecule has 0 atom stereocenters. The Hall–Kier alpha value is -2.73. The van der Waals surface area contributed by atoms with Gasteiger partial charge in [-0.1, -0.05) is 18.2 Å². The van der Waals surface area contributed by atoms with Crippen molar-refractivity contribution in [3.63, 3.8) is 0 Å². The Labute approximate surface area is 139 Å². The maximum atomic E-state index is 12.2. The lowest BCUT2D eigenvalue weighted by atomic mass is 10.1. The van der Waals surface area contributed by atoms with Crippen LogP contribution in [0.1, 0.15) is 31.8 Å². The number of nitrogens with two attached hydrogens (primary N) is 1. The molecule has 0 saturated carbocycles. The van der Waals surface area contributed by atoms with Crippen molar-refractivity contribution in [2.24, 2.45) is 5.73 Å². The number of thiocarbonyl (C=S) groups is 1. The first-order valence-corrected chi connectivity index (χ1v) is 7.37. The van der Waals surface area contributed by atoms with Crippen LogP contribution < -0.4 is 16.4 Å². The summed E-state index contributed by atoms with van der Waals surface area (Å²) in [5.74, 6) is -0.890. The number of nitrogens with one attached hydrogen (secondary N) is 2. The largest absolute Gasteiger partial charge is 0.366 e. The third-order valence-corrected chi connectivity index (χ3v) is 3.64. The minimum absolute atomic E-state index is 0.0990. The van der Waals surface area contributed by atoms with Gasteiger partial charge < -0.3 is 11.1 Å². The van der Waals surface area contributed by atoms with E-state index < -0.39 is 5.91 Å². The molecule has 6 heteroatoms. The second kappa shape index (κ2) is 7.02. The first-order valence-electron chi connectivity index (χ1n) is 6.97. The van der Waals surface area contributed by atoms with Gasteiger partial charge in [-0.25, -0.2) is 0 Å². The molecule has 0 unspecified atom stereocenters. The van der Waals surface area contributed by atoms with Crippen LogP contribution in [-0.4, -0.2) is 16.9 Å². The topological polar surface area (TPSA) is 84.2 Å². The highest BCUT2D eigenvalue weighted by molar-refractivity contribution is 7.80. The van der Waals surface area contributed by atoms with Crippen LogP contribution in [0.3, 0.4) is 0 Å². The normalized spacial score (nSPS) is 10.0. The Bertz CT molecular complexity index is 787. The van der Waals surface area contributed by atoms with Crippen molar-refractivity contribution >= 4 is 34.8 Å². The van der Waals surface area contributed by atoms with E-state index in [-0.39, 0.29) is 11.0 Å². The summed E-state index contributed by atoms with van der Waals surface area (Å²) in [5, 5.41) is 5.50. The molecule has 0 spiro atoms. The SMILES string of the molecule is Cc1ccc(C(=O)NC(=S)Nc2ccccc2C(N)=O)cc1C. The monoisotopic (exact) mass is 327 g/mol. The van der Waals surface area contributed by atoms with Crippen molar-refractivity contribution in [1.29, 1.82) is 0 Å². The predicted molar refractivity (Wildman–Crippen MR) is 94.6 cm³/mol. The number of amides is 2. The summed E-state index contributed by atoms with van der Waals surface area (Å²) in [6.45, 7) is 3.91. The highest BCUT2D eigenvalue weighted by Crippen LogP contribution is 2.14. The number of benzene rings is 2. The van der Waals surface area contributed by atoms with Crippen LogP contribution in [0, 0.1) is 13.8 Å². The minimum Gasteiger partial charge on any atom is -0.366 e. The third kappa shape index (κ3) is 4.14. The second-order valence-electron chi connectivity index (χ2n) is 5.12. The van der Waals surface area contributed by atoms with Crippen LogP contribution in [0.25, 0.3) is 0 Å². The van der Waals surface area contributed by atoms with Gasteiger partial charge in [-0.15, -0.1) is 0 Å². The Kier molecular flexibility index (Phi) is 5.08. The van der Waals surface area contributed by atoms with E-state index >= 15 is 0 Å². The number of anilines is 1. The summed E-state index contributed by atoms with van der Waals surface area (Å²) in [6, 6.07) is 12.1. The van der Waals surface area contributed by atoms with Gasteiger partial charge in [0.15, 0.2) is 5.11 Å². The maximum Gasteiger partial charge on any atom is 0.257 e. The second-order valence-corrected chi connectivity index (χ2v) is 5.53. The average molecular weight is 327 g/mol.